The summed E-state index contributed by atoms with van der Waals surface area (Å²) in [5.74, 6) is -1.80. The summed E-state index contributed by atoms with van der Waals surface area (Å²) in [6.07, 6.45) is 1.31. The van der Waals surface area contributed by atoms with Crippen molar-refractivity contribution < 1.29 is 38.1 Å². The minimum Gasteiger partial charge on any atom is -0.456 e. The Morgan fingerprint density at radius 3 is 2.15 bits per heavy atom. The lowest BCUT2D eigenvalue weighted by atomic mass is 10.0. The molecule has 0 aromatic carbocycles. The molecular weight excluding hydrogens is 356 g/mol. The van der Waals surface area contributed by atoms with Gasteiger partial charge < -0.3 is 23.7 Å². The van der Waals surface area contributed by atoms with Gasteiger partial charge in [-0.1, -0.05) is 12.2 Å². The quantitative estimate of drug-likeness (QED) is 0.244. The number of ether oxygens (including phenoxy) is 5. The number of hydrogen-bond donors (Lipinski definition) is 0. The maximum atomic E-state index is 11.6. The first-order valence-corrected chi connectivity index (χ1v) is 8.80. The summed E-state index contributed by atoms with van der Waals surface area (Å²) in [4.78, 5) is 34.4. The molecule has 0 amide bonds. The Morgan fingerprint density at radius 2 is 1.63 bits per heavy atom. The van der Waals surface area contributed by atoms with E-state index in [1.54, 1.807) is 12.2 Å². The molecule has 0 spiro atoms. The predicted octanol–water partition coefficient (Wildman–Crippen LogP) is 2.07. The van der Waals surface area contributed by atoms with Crippen LogP contribution in [0.2, 0.25) is 0 Å². The smallest absolute Gasteiger partial charge is 0.303 e. The molecule has 0 aromatic rings. The molecule has 0 aromatic heterocycles. The number of hydrogen-bond acceptors (Lipinski definition) is 8. The molecule has 1 heterocycles. The second kappa shape index (κ2) is 11.5. The Bertz CT molecular complexity index is 544. The van der Waals surface area contributed by atoms with Gasteiger partial charge in [0.05, 0.1) is 12.7 Å². The van der Waals surface area contributed by atoms with Gasteiger partial charge in [-0.2, -0.15) is 0 Å². The van der Waals surface area contributed by atoms with Crippen molar-refractivity contribution in [3.05, 3.63) is 25.3 Å². The van der Waals surface area contributed by atoms with E-state index >= 15 is 0 Å². The first-order chi connectivity index (χ1) is 12.8. The van der Waals surface area contributed by atoms with E-state index in [2.05, 4.69) is 13.2 Å². The zero-order valence-corrected chi connectivity index (χ0v) is 16.1. The van der Waals surface area contributed by atoms with Crippen molar-refractivity contribution in [3.63, 3.8) is 0 Å². The van der Waals surface area contributed by atoms with Crippen molar-refractivity contribution in [3.8, 4) is 0 Å². The van der Waals surface area contributed by atoms with Crippen LogP contribution in [0.3, 0.4) is 0 Å². The predicted molar refractivity (Wildman–Crippen MR) is 95.5 cm³/mol. The lowest BCUT2D eigenvalue weighted by Gasteiger charge is -2.41. The number of allylic oxidation sites excluding steroid dienone is 1. The molecule has 1 saturated heterocycles. The van der Waals surface area contributed by atoms with Crippen LogP contribution in [0.1, 0.15) is 40.0 Å². The van der Waals surface area contributed by atoms with Crippen LogP contribution in [0.4, 0.5) is 0 Å². The number of esters is 3. The van der Waals surface area contributed by atoms with Crippen LogP contribution < -0.4 is 0 Å². The van der Waals surface area contributed by atoms with Crippen molar-refractivity contribution in [2.45, 2.75) is 70.7 Å². The third-order valence-electron chi connectivity index (χ3n) is 3.77. The Hall–Kier alpha value is -2.19. The van der Waals surface area contributed by atoms with E-state index in [0.29, 0.717) is 6.42 Å². The van der Waals surface area contributed by atoms with Gasteiger partial charge in [0.2, 0.25) is 0 Å². The molecule has 8 nitrogen and oxygen atoms in total. The molecule has 5 atom stereocenters. The normalized spacial score (nSPS) is 25.7. The molecule has 8 heteroatoms. The molecule has 0 radical (unpaired) electrons. The fourth-order valence-electron chi connectivity index (χ4n) is 2.70. The van der Waals surface area contributed by atoms with E-state index in [1.807, 2.05) is 0 Å². The Balaban J connectivity index is 2.98. The summed E-state index contributed by atoms with van der Waals surface area (Å²) in [6, 6.07) is 0. The van der Waals surface area contributed by atoms with Gasteiger partial charge in [-0.25, -0.2) is 0 Å². The van der Waals surface area contributed by atoms with E-state index in [4.69, 9.17) is 23.7 Å². The summed E-state index contributed by atoms with van der Waals surface area (Å²) < 4.78 is 27.2. The molecule has 1 aliphatic rings. The Labute approximate surface area is 159 Å². The van der Waals surface area contributed by atoms with Crippen molar-refractivity contribution >= 4 is 17.9 Å². The standard InChI is InChI=1S/C19H28O8/c1-6-8-9-10-15(7-2)27-19-18(26-14(5)22)17(25-13(4)21)16(11-23-19)24-12(3)20/h6-7,15-19H,1-2,8-11H2,3-5H3/t15?,16-,17-,18+,19+/m0/s1. The lowest BCUT2D eigenvalue weighted by molar-refractivity contribution is -0.287. The van der Waals surface area contributed by atoms with E-state index < -0.39 is 42.5 Å². The average Bonchev–Trinajstić information content (AvgIpc) is 2.57. The van der Waals surface area contributed by atoms with Gasteiger partial charge in [-0.05, 0) is 19.3 Å². The summed E-state index contributed by atoms with van der Waals surface area (Å²) in [5, 5.41) is 0. The Morgan fingerprint density at radius 1 is 1.04 bits per heavy atom. The van der Waals surface area contributed by atoms with Gasteiger partial charge in [-0.3, -0.25) is 14.4 Å². The molecule has 152 valence electrons. The highest BCUT2D eigenvalue weighted by Crippen LogP contribution is 2.27. The van der Waals surface area contributed by atoms with Crippen LogP contribution in [0, 0.1) is 0 Å². The molecule has 1 unspecified atom stereocenters. The SMILES string of the molecule is C=CCCCC(C=C)O[C@H]1OC[C@H](OC(C)=O)[C@H](OC(C)=O)[C@H]1OC(C)=O. The van der Waals surface area contributed by atoms with Gasteiger partial charge in [-0.15, -0.1) is 13.2 Å². The van der Waals surface area contributed by atoms with E-state index in [0.717, 1.165) is 12.8 Å². The van der Waals surface area contributed by atoms with Crippen molar-refractivity contribution in [2.24, 2.45) is 0 Å². The number of carbonyl (C=O) groups is 3. The first kappa shape index (κ1) is 22.9. The van der Waals surface area contributed by atoms with Crippen molar-refractivity contribution in [2.75, 3.05) is 6.61 Å². The van der Waals surface area contributed by atoms with Crippen LogP contribution in [-0.4, -0.2) is 55.2 Å². The van der Waals surface area contributed by atoms with Crippen LogP contribution in [0.25, 0.3) is 0 Å². The van der Waals surface area contributed by atoms with Crippen LogP contribution in [0.5, 0.6) is 0 Å². The minimum atomic E-state index is -1.09. The maximum absolute atomic E-state index is 11.6. The molecule has 0 saturated carbocycles. The highest BCUT2D eigenvalue weighted by molar-refractivity contribution is 5.68. The summed E-state index contributed by atoms with van der Waals surface area (Å²) in [7, 11) is 0. The zero-order valence-electron chi connectivity index (χ0n) is 16.1. The molecule has 1 rings (SSSR count). The van der Waals surface area contributed by atoms with Gasteiger partial charge in [0.25, 0.3) is 0 Å². The molecule has 1 fully saturated rings. The topological polar surface area (TPSA) is 97.4 Å². The summed E-state index contributed by atoms with van der Waals surface area (Å²) in [6.45, 7) is 11.0. The first-order valence-electron chi connectivity index (χ1n) is 8.80. The number of unbranched alkanes of at least 4 members (excludes halogenated alkanes) is 1. The van der Waals surface area contributed by atoms with Gasteiger partial charge >= 0.3 is 17.9 Å². The van der Waals surface area contributed by atoms with Gasteiger partial charge in [0.1, 0.15) is 0 Å². The minimum absolute atomic E-state index is 0.0729. The summed E-state index contributed by atoms with van der Waals surface area (Å²) >= 11 is 0. The Kier molecular flexibility index (Phi) is 9.74. The molecule has 27 heavy (non-hydrogen) atoms. The highest BCUT2D eigenvalue weighted by atomic mass is 16.7. The van der Waals surface area contributed by atoms with Crippen LogP contribution >= 0.6 is 0 Å². The van der Waals surface area contributed by atoms with Crippen molar-refractivity contribution in [1.82, 2.24) is 0 Å². The second-order valence-corrected chi connectivity index (χ2v) is 6.13. The molecular formula is C19H28O8. The fourth-order valence-corrected chi connectivity index (χ4v) is 2.70. The molecule has 0 N–H and O–H groups in total. The number of carbonyl (C=O) groups excluding carboxylic acids is 3. The largest absolute Gasteiger partial charge is 0.456 e. The van der Waals surface area contributed by atoms with E-state index in [9.17, 15) is 14.4 Å². The van der Waals surface area contributed by atoms with Crippen LogP contribution in [0.15, 0.2) is 25.3 Å². The summed E-state index contributed by atoms with van der Waals surface area (Å²) in [5.41, 5.74) is 0. The third-order valence-corrected chi connectivity index (χ3v) is 3.77. The monoisotopic (exact) mass is 384 g/mol. The van der Waals surface area contributed by atoms with E-state index in [1.165, 1.54) is 20.8 Å². The fraction of sp³-hybridized carbons (Fsp3) is 0.632. The number of rotatable bonds is 10. The molecule has 1 aliphatic heterocycles. The third kappa shape index (κ3) is 7.92. The lowest BCUT2D eigenvalue weighted by Crippen LogP contribution is -2.58. The second-order valence-electron chi connectivity index (χ2n) is 6.13. The maximum Gasteiger partial charge on any atom is 0.303 e. The zero-order chi connectivity index (χ0) is 20.4. The average molecular weight is 384 g/mol. The van der Waals surface area contributed by atoms with Crippen LogP contribution in [-0.2, 0) is 38.1 Å². The van der Waals surface area contributed by atoms with Gasteiger partial charge in [0, 0.05) is 20.8 Å². The molecule has 0 bridgehead atoms. The highest BCUT2D eigenvalue weighted by Gasteiger charge is 2.48. The van der Waals surface area contributed by atoms with Gasteiger partial charge in [0.15, 0.2) is 24.6 Å². The molecule has 0 aliphatic carbocycles. The van der Waals surface area contributed by atoms with Crippen molar-refractivity contribution in [1.29, 1.82) is 0 Å². The van der Waals surface area contributed by atoms with E-state index in [-0.39, 0.29) is 12.7 Å².